The van der Waals surface area contributed by atoms with Gasteiger partial charge in [0.15, 0.2) is 12.4 Å². The molecular weight excluding hydrogens is 489 g/mol. The van der Waals surface area contributed by atoms with Crippen molar-refractivity contribution in [2.24, 2.45) is 0 Å². The van der Waals surface area contributed by atoms with E-state index in [1.54, 1.807) is 11.0 Å². The van der Waals surface area contributed by atoms with Gasteiger partial charge in [-0.1, -0.05) is 29.3 Å². The van der Waals surface area contributed by atoms with E-state index in [1.807, 2.05) is 18.2 Å². The molecule has 12 heteroatoms. The number of amides is 2. The Morgan fingerprint density at radius 1 is 1.27 bits per heavy atom. The number of methoxy groups -OCH3 is 1. The molecule has 33 heavy (non-hydrogen) atoms. The van der Waals surface area contributed by atoms with Gasteiger partial charge in [0.05, 0.1) is 16.5 Å². The fourth-order valence-electron chi connectivity index (χ4n) is 3.70. The van der Waals surface area contributed by atoms with E-state index >= 15 is 0 Å². The molecule has 1 aliphatic rings. The standard InChI is InChI=1S/C21H21Cl2N5O4S/c1-31-9-15-21(30)27(8-12-2-3-13-14(6-12)25-11-26-20(13)24)4-5-28(15)18(29)10-32-16-7-17(22)33-19(16)23/h2-3,6-7,11,15H,4-5,8-10H2,1H3,(H2,24,25,26)/t15-/m0/s1. The van der Waals surface area contributed by atoms with Gasteiger partial charge in [-0.2, -0.15) is 0 Å². The summed E-state index contributed by atoms with van der Waals surface area (Å²) in [6.45, 7) is 0.919. The Morgan fingerprint density at radius 2 is 2.09 bits per heavy atom. The first-order chi connectivity index (χ1) is 15.9. The average Bonchev–Trinajstić information content (AvgIpc) is 3.12. The van der Waals surface area contributed by atoms with Crippen LogP contribution in [0.4, 0.5) is 5.82 Å². The number of aromatic nitrogens is 2. The summed E-state index contributed by atoms with van der Waals surface area (Å²) in [5, 5.41) is 0.757. The second-order valence-electron chi connectivity index (χ2n) is 7.41. The van der Waals surface area contributed by atoms with E-state index in [9.17, 15) is 9.59 Å². The second-order valence-corrected chi connectivity index (χ2v) is 9.69. The molecule has 0 radical (unpaired) electrons. The van der Waals surface area contributed by atoms with Gasteiger partial charge in [0, 0.05) is 38.2 Å². The molecule has 0 saturated carbocycles. The molecule has 1 fully saturated rings. The maximum absolute atomic E-state index is 13.2. The average molecular weight is 510 g/mol. The van der Waals surface area contributed by atoms with Crippen LogP contribution in [0.5, 0.6) is 5.75 Å². The van der Waals surface area contributed by atoms with Crippen LogP contribution in [-0.2, 0) is 20.9 Å². The van der Waals surface area contributed by atoms with Gasteiger partial charge >= 0.3 is 0 Å². The van der Waals surface area contributed by atoms with Gasteiger partial charge in [-0.15, -0.1) is 11.3 Å². The normalized spacial score (nSPS) is 16.5. The molecule has 3 heterocycles. The molecule has 1 aromatic carbocycles. The van der Waals surface area contributed by atoms with Crippen molar-refractivity contribution in [3.8, 4) is 5.75 Å². The van der Waals surface area contributed by atoms with Gasteiger partial charge in [0.25, 0.3) is 5.91 Å². The lowest BCUT2D eigenvalue weighted by atomic mass is 10.1. The number of hydrogen-bond acceptors (Lipinski definition) is 8. The third kappa shape index (κ3) is 5.14. The zero-order chi connectivity index (χ0) is 23.5. The Hall–Kier alpha value is -2.66. The van der Waals surface area contributed by atoms with Crippen LogP contribution in [0.3, 0.4) is 0 Å². The van der Waals surface area contributed by atoms with Crippen molar-refractivity contribution in [2.75, 3.05) is 39.1 Å². The van der Waals surface area contributed by atoms with E-state index in [2.05, 4.69) is 9.97 Å². The van der Waals surface area contributed by atoms with Gasteiger partial charge in [-0.05, 0) is 17.7 Å². The van der Waals surface area contributed by atoms with E-state index in [0.29, 0.717) is 45.4 Å². The summed E-state index contributed by atoms with van der Waals surface area (Å²) < 4.78 is 11.6. The molecule has 9 nitrogen and oxygen atoms in total. The van der Waals surface area contributed by atoms with E-state index in [4.69, 9.17) is 38.4 Å². The SMILES string of the molecule is COC[C@H]1C(=O)N(Cc2ccc3c(N)ncnc3c2)CCN1C(=O)COc1cc(Cl)sc1Cl. The van der Waals surface area contributed by atoms with Crippen LogP contribution in [0.2, 0.25) is 8.67 Å². The summed E-state index contributed by atoms with van der Waals surface area (Å²) in [5.74, 6) is 0.217. The topological polar surface area (TPSA) is 111 Å². The zero-order valence-electron chi connectivity index (χ0n) is 17.7. The summed E-state index contributed by atoms with van der Waals surface area (Å²) in [6.07, 6.45) is 1.41. The van der Waals surface area contributed by atoms with Gasteiger partial charge in [0.2, 0.25) is 5.91 Å². The van der Waals surface area contributed by atoms with Crippen LogP contribution >= 0.6 is 34.5 Å². The monoisotopic (exact) mass is 509 g/mol. The highest BCUT2D eigenvalue weighted by Gasteiger charge is 2.37. The maximum Gasteiger partial charge on any atom is 0.261 e. The molecular formula is C21H21Cl2N5O4S. The summed E-state index contributed by atoms with van der Waals surface area (Å²) in [7, 11) is 1.49. The van der Waals surface area contributed by atoms with Crippen molar-refractivity contribution in [3.05, 3.63) is 44.8 Å². The first-order valence-electron chi connectivity index (χ1n) is 10.0. The van der Waals surface area contributed by atoms with Crippen LogP contribution in [0.15, 0.2) is 30.6 Å². The third-order valence-electron chi connectivity index (χ3n) is 5.31. The second kappa shape index (κ2) is 10.1. The van der Waals surface area contributed by atoms with Gasteiger partial charge in [0.1, 0.15) is 22.5 Å². The number of hydrogen-bond donors (Lipinski definition) is 1. The van der Waals surface area contributed by atoms with Crippen LogP contribution in [0.1, 0.15) is 5.56 Å². The summed E-state index contributed by atoms with van der Waals surface area (Å²) in [6, 6.07) is 6.42. The number of anilines is 1. The zero-order valence-corrected chi connectivity index (χ0v) is 20.0. The highest BCUT2D eigenvalue weighted by Crippen LogP contribution is 2.37. The first-order valence-corrected chi connectivity index (χ1v) is 11.6. The van der Waals surface area contributed by atoms with Crippen molar-refractivity contribution in [1.82, 2.24) is 19.8 Å². The Morgan fingerprint density at radius 3 is 2.82 bits per heavy atom. The molecule has 1 aliphatic heterocycles. The van der Waals surface area contributed by atoms with Gasteiger partial charge < -0.3 is 25.0 Å². The van der Waals surface area contributed by atoms with E-state index in [-0.39, 0.29) is 25.0 Å². The molecule has 0 spiro atoms. The van der Waals surface area contributed by atoms with Crippen LogP contribution < -0.4 is 10.5 Å². The Balaban J connectivity index is 1.44. The third-order valence-corrected chi connectivity index (χ3v) is 6.76. The smallest absolute Gasteiger partial charge is 0.261 e. The molecule has 0 bridgehead atoms. The minimum Gasteiger partial charge on any atom is -0.481 e. The lowest BCUT2D eigenvalue weighted by Gasteiger charge is -2.40. The molecule has 174 valence electrons. The largest absolute Gasteiger partial charge is 0.481 e. The molecule has 1 saturated heterocycles. The number of carbonyl (C=O) groups excluding carboxylic acids is 2. The van der Waals surface area contributed by atoms with Crippen LogP contribution in [0, 0.1) is 0 Å². The van der Waals surface area contributed by atoms with Crippen LogP contribution in [-0.4, -0.2) is 71.0 Å². The van der Waals surface area contributed by atoms with Crippen molar-refractivity contribution >= 4 is 63.1 Å². The number of fused-ring (bicyclic) bond motifs is 1. The summed E-state index contributed by atoms with van der Waals surface area (Å²) in [5.41, 5.74) is 7.50. The summed E-state index contributed by atoms with van der Waals surface area (Å²) in [4.78, 5) is 37.5. The number of carbonyl (C=O) groups is 2. The predicted molar refractivity (Wildman–Crippen MR) is 127 cm³/mol. The van der Waals surface area contributed by atoms with E-state index in [0.717, 1.165) is 22.3 Å². The number of piperazine rings is 1. The highest BCUT2D eigenvalue weighted by atomic mass is 35.5. The molecule has 4 rings (SSSR count). The van der Waals surface area contributed by atoms with Gasteiger partial charge in [-0.3, -0.25) is 9.59 Å². The number of nitrogen functional groups attached to an aromatic ring is 1. The summed E-state index contributed by atoms with van der Waals surface area (Å²) >= 11 is 13.1. The highest BCUT2D eigenvalue weighted by molar-refractivity contribution is 7.20. The number of nitrogens with zero attached hydrogens (tertiary/aromatic N) is 4. The number of ether oxygens (including phenoxy) is 2. The molecule has 0 unspecified atom stereocenters. The van der Waals surface area contributed by atoms with E-state index in [1.165, 1.54) is 18.3 Å². The quantitative estimate of drug-likeness (QED) is 0.521. The molecule has 1 atom stereocenters. The van der Waals surface area contributed by atoms with Gasteiger partial charge in [-0.25, -0.2) is 9.97 Å². The number of benzene rings is 1. The van der Waals surface area contributed by atoms with Crippen molar-refractivity contribution in [1.29, 1.82) is 0 Å². The fraction of sp³-hybridized carbons (Fsp3) is 0.333. The molecule has 3 aromatic rings. The van der Waals surface area contributed by atoms with Crippen molar-refractivity contribution in [3.63, 3.8) is 0 Å². The predicted octanol–water partition coefficient (Wildman–Crippen LogP) is 2.85. The minimum atomic E-state index is -0.750. The molecule has 2 N–H and O–H groups in total. The maximum atomic E-state index is 13.2. The van der Waals surface area contributed by atoms with Crippen molar-refractivity contribution in [2.45, 2.75) is 12.6 Å². The molecule has 2 amide bonds. The van der Waals surface area contributed by atoms with Crippen LogP contribution in [0.25, 0.3) is 10.9 Å². The Bertz CT molecular complexity index is 1190. The lowest BCUT2D eigenvalue weighted by Crippen LogP contribution is -2.60. The number of thiophene rings is 1. The molecule has 0 aliphatic carbocycles. The van der Waals surface area contributed by atoms with Crippen molar-refractivity contribution < 1.29 is 19.1 Å². The molecule has 2 aromatic heterocycles. The number of rotatable bonds is 7. The van der Waals surface area contributed by atoms with E-state index < -0.39 is 6.04 Å². The fourth-order valence-corrected chi connectivity index (χ4v) is 5.06. The minimum absolute atomic E-state index is 0.0770. The number of nitrogens with two attached hydrogens (primary N) is 1. The Kier molecular flexibility index (Phi) is 7.18. The lowest BCUT2D eigenvalue weighted by molar-refractivity contribution is -0.155. The number of halogens is 2. The first kappa shape index (κ1) is 23.5. The Labute approximate surface area is 204 Å².